The van der Waals surface area contributed by atoms with E-state index >= 15 is 0 Å². The molecule has 5 heteroatoms. The highest BCUT2D eigenvalue weighted by Crippen LogP contribution is 2.26. The maximum atomic E-state index is 6.30. The van der Waals surface area contributed by atoms with Crippen LogP contribution in [0.2, 0.25) is 0 Å². The molecule has 1 aromatic heterocycles. The van der Waals surface area contributed by atoms with Crippen molar-refractivity contribution >= 4 is 28.5 Å². The molecule has 2 aliphatic heterocycles. The molecule has 2 aliphatic rings. The van der Waals surface area contributed by atoms with Gasteiger partial charge in [0, 0.05) is 29.8 Å². The summed E-state index contributed by atoms with van der Waals surface area (Å²) in [7, 11) is 4.35. The SMILES string of the molecule is CN(C)C1CCN(Cc2cc3ccc(C4=CC=NC4)cc3nc2N)CC1. The summed E-state index contributed by atoms with van der Waals surface area (Å²) in [6.07, 6.45) is 6.36. The number of rotatable bonds is 4. The van der Waals surface area contributed by atoms with E-state index in [0.29, 0.717) is 11.9 Å². The molecule has 0 saturated carbocycles. The third-order valence-corrected chi connectivity index (χ3v) is 5.62. The Morgan fingerprint density at radius 2 is 2.00 bits per heavy atom. The van der Waals surface area contributed by atoms with E-state index in [0.717, 1.165) is 42.6 Å². The summed E-state index contributed by atoms with van der Waals surface area (Å²) in [5.74, 6) is 0.654. The van der Waals surface area contributed by atoms with Crippen LogP contribution in [0.25, 0.3) is 16.5 Å². The summed E-state index contributed by atoms with van der Waals surface area (Å²) in [5.41, 5.74) is 10.8. The van der Waals surface area contributed by atoms with Crippen LogP contribution in [0.15, 0.2) is 35.3 Å². The Morgan fingerprint density at radius 1 is 1.19 bits per heavy atom. The number of hydrogen-bond donors (Lipinski definition) is 1. The van der Waals surface area contributed by atoms with Crippen molar-refractivity contribution in [1.82, 2.24) is 14.8 Å². The van der Waals surface area contributed by atoms with Crippen LogP contribution in [-0.4, -0.2) is 60.8 Å². The molecule has 0 spiro atoms. The van der Waals surface area contributed by atoms with Gasteiger partial charge in [-0.2, -0.15) is 0 Å². The normalized spacial score (nSPS) is 18.8. The van der Waals surface area contributed by atoms with E-state index in [-0.39, 0.29) is 0 Å². The van der Waals surface area contributed by atoms with E-state index in [1.807, 2.05) is 6.21 Å². The summed E-state index contributed by atoms with van der Waals surface area (Å²) >= 11 is 0. The van der Waals surface area contributed by atoms with Crippen LogP contribution < -0.4 is 5.73 Å². The van der Waals surface area contributed by atoms with Gasteiger partial charge in [-0.05, 0) is 69.4 Å². The quantitative estimate of drug-likeness (QED) is 0.922. The third-order valence-electron chi connectivity index (χ3n) is 5.62. The van der Waals surface area contributed by atoms with Gasteiger partial charge in [-0.3, -0.25) is 9.89 Å². The molecule has 1 aromatic carbocycles. The predicted octanol–water partition coefficient (Wildman–Crippen LogP) is 2.81. The minimum absolute atomic E-state index is 0.654. The van der Waals surface area contributed by atoms with Gasteiger partial charge in [0.15, 0.2) is 0 Å². The Hall–Kier alpha value is -2.24. The van der Waals surface area contributed by atoms with Gasteiger partial charge in [0.1, 0.15) is 5.82 Å². The molecule has 0 unspecified atom stereocenters. The number of nitrogens with zero attached hydrogens (tertiary/aromatic N) is 4. The first-order valence-corrected chi connectivity index (χ1v) is 9.37. The predicted molar refractivity (Wildman–Crippen MR) is 109 cm³/mol. The zero-order chi connectivity index (χ0) is 18.1. The fraction of sp³-hybridized carbons (Fsp3) is 0.429. The fourth-order valence-electron chi connectivity index (χ4n) is 3.92. The molecular formula is C21H27N5. The Labute approximate surface area is 155 Å². The van der Waals surface area contributed by atoms with Crippen molar-refractivity contribution in [2.45, 2.75) is 25.4 Å². The van der Waals surface area contributed by atoms with Crippen LogP contribution in [0.1, 0.15) is 24.0 Å². The van der Waals surface area contributed by atoms with Crippen LogP contribution in [0.5, 0.6) is 0 Å². The molecule has 0 radical (unpaired) electrons. The number of aromatic nitrogens is 1. The molecule has 2 aromatic rings. The van der Waals surface area contributed by atoms with Gasteiger partial charge >= 0.3 is 0 Å². The summed E-state index contributed by atoms with van der Waals surface area (Å²) in [5, 5.41) is 1.15. The molecule has 2 N–H and O–H groups in total. The first kappa shape index (κ1) is 17.2. The Bertz CT molecular complexity index is 860. The summed E-state index contributed by atoms with van der Waals surface area (Å²) in [6.45, 7) is 3.87. The highest BCUT2D eigenvalue weighted by Gasteiger charge is 2.21. The van der Waals surface area contributed by atoms with Crippen LogP contribution in [0.4, 0.5) is 5.82 Å². The van der Waals surface area contributed by atoms with Crippen molar-refractivity contribution in [3.8, 4) is 0 Å². The van der Waals surface area contributed by atoms with Crippen LogP contribution in [0, 0.1) is 0 Å². The first-order chi connectivity index (χ1) is 12.6. The van der Waals surface area contributed by atoms with Gasteiger partial charge in [0.25, 0.3) is 0 Å². The lowest BCUT2D eigenvalue weighted by atomic mass is 10.0. The number of benzene rings is 1. The Morgan fingerprint density at radius 3 is 2.69 bits per heavy atom. The number of nitrogen functional groups attached to an aromatic ring is 1. The zero-order valence-electron chi connectivity index (χ0n) is 15.7. The molecule has 0 amide bonds. The van der Waals surface area contributed by atoms with E-state index < -0.39 is 0 Å². The third kappa shape index (κ3) is 3.50. The molecule has 1 saturated heterocycles. The number of allylic oxidation sites excluding steroid dienone is 1. The Balaban J connectivity index is 1.51. The number of anilines is 1. The molecule has 26 heavy (non-hydrogen) atoms. The number of piperidine rings is 1. The van der Waals surface area contributed by atoms with Crippen LogP contribution >= 0.6 is 0 Å². The number of hydrogen-bond acceptors (Lipinski definition) is 5. The summed E-state index contributed by atoms with van der Waals surface area (Å²) < 4.78 is 0. The lowest BCUT2D eigenvalue weighted by Gasteiger charge is -2.35. The monoisotopic (exact) mass is 349 g/mol. The Kier molecular flexibility index (Phi) is 4.74. The molecule has 0 bridgehead atoms. The maximum absolute atomic E-state index is 6.30. The van der Waals surface area contributed by atoms with E-state index in [4.69, 9.17) is 10.7 Å². The maximum Gasteiger partial charge on any atom is 0.128 e. The highest BCUT2D eigenvalue weighted by molar-refractivity contribution is 5.92. The van der Waals surface area contributed by atoms with Gasteiger partial charge in [0.2, 0.25) is 0 Å². The van der Waals surface area contributed by atoms with E-state index in [1.165, 1.54) is 24.0 Å². The number of aliphatic imine (C=N–C) groups is 1. The van der Waals surface area contributed by atoms with Gasteiger partial charge in [-0.1, -0.05) is 12.1 Å². The molecular weight excluding hydrogens is 322 g/mol. The minimum atomic E-state index is 0.654. The van der Waals surface area contributed by atoms with Crippen molar-refractivity contribution in [1.29, 1.82) is 0 Å². The van der Waals surface area contributed by atoms with E-state index in [9.17, 15) is 0 Å². The average Bonchev–Trinajstić information content (AvgIpc) is 3.17. The molecule has 4 rings (SSSR count). The second-order valence-corrected chi connectivity index (χ2v) is 7.59. The van der Waals surface area contributed by atoms with Crippen molar-refractivity contribution in [3.63, 3.8) is 0 Å². The lowest BCUT2D eigenvalue weighted by Crippen LogP contribution is -2.41. The van der Waals surface area contributed by atoms with Gasteiger partial charge in [-0.25, -0.2) is 4.98 Å². The summed E-state index contributed by atoms with van der Waals surface area (Å²) in [4.78, 5) is 13.8. The van der Waals surface area contributed by atoms with Gasteiger partial charge in [-0.15, -0.1) is 0 Å². The van der Waals surface area contributed by atoms with E-state index in [1.54, 1.807) is 0 Å². The van der Waals surface area contributed by atoms with Gasteiger partial charge in [0.05, 0.1) is 12.1 Å². The number of nitrogens with two attached hydrogens (primary N) is 1. The molecule has 1 fully saturated rings. The van der Waals surface area contributed by atoms with Crippen LogP contribution in [-0.2, 0) is 6.54 Å². The van der Waals surface area contributed by atoms with Crippen molar-refractivity contribution in [2.24, 2.45) is 4.99 Å². The highest BCUT2D eigenvalue weighted by atomic mass is 15.2. The number of likely N-dealkylation sites (tertiary alicyclic amines) is 1. The van der Waals surface area contributed by atoms with Gasteiger partial charge < -0.3 is 10.6 Å². The number of fused-ring (bicyclic) bond motifs is 1. The first-order valence-electron chi connectivity index (χ1n) is 9.37. The second-order valence-electron chi connectivity index (χ2n) is 7.59. The molecule has 136 valence electrons. The minimum Gasteiger partial charge on any atom is -0.383 e. The topological polar surface area (TPSA) is 57.8 Å². The fourth-order valence-corrected chi connectivity index (χ4v) is 3.92. The second kappa shape index (κ2) is 7.17. The standard InChI is InChI=1S/C21H27N5/c1-25(2)19-6-9-26(10-7-19)14-18-11-16-4-3-15(17-5-8-23-13-17)12-20(16)24-21(18)22/h3-5,8,11-12,19H,6-7,9-10,13-14H2,1-2H3,(H2,22,24). The van der Waals surface area contributed by atoms with Crippen molar-refractivity contribution in [3.05, 3.63) is 41.5 Å². The molecule has 0 aliphatic carbocycles. The van der Waals surface area contributed by atoms with Crippen molar-refractivity contribution in [2.75, 3.05) is 39.5 Å². The largest absolute Gasteiger partial charge is 0.383 e. The summed E-state index contributed by atoms with van der Waals surface area (Å²) in [6, 6.07) is 9.34. The van der Waals surface area contributed by atoms with Crippen LogP contribution in [0.3, 0.4) is 0 Å². The molecule has 5 nitrogen and oxygen atoms in total. The van der Waals surface area contributed by atoms with E-state index in [2.05, 4.69) is 59.2 Å². The molecule has 0 atom stereocenters. The number of pyridine rings is 1. The average molecular weight is 349 g/mol. The van der Waals surface area contributed by atoms with Crippen molar-refractivity contribution < 1.29 is 0 Å². The lowest BCUT2D eigenvalue weighted by molar-refractivity contribution is 0.140. The zero-order valence-corrected chi connectivity index (χ0v) is 15.7. The smallest absolute Gasteiger partial charge is 0.128 e. The molecule has 3 heterocycles.